The second-order valence-corrected chi connectivity index (χ2v) is 7.82. The van der Waals surface area contributed by atoms with Crippen molar-refractivity contribution in [1.29, 1.82) is 0 Å². The van der Waals surface area contributed by atoms with E-state index in [1.54, 1.807) is 11.0 Å². The number of halogens is 1. The molecular formula is C19H28FN3O2. The van der Waals surface area contributed by atoms with Gasteiger partial charge in [-0.1, -0.05) is 32.9 Å². The second-order valence-electron chi connectivity index (χ2n) is 7.82. The first-order chi connectivity index (χ1) is 11.7. The first-order valence-electron chi connectivity index (χ1n) is 8.74. The Morgan fingerprint density at radius 2 is 2.12 bits per heavy atom. The Bertz CT molecular complexity index is 627. The summed E-state index contributed by atoms with van der Waals surface area (Å²) in [6.45, 7) is 7.31. The number of likely N-dealkylation sites (tertiary alicyclic amines) is 1. The lowest BCUT2D eigenvalue weighted by molar-refractivity contribution is -0.134. The van der Waals surface area contributed by atoms with Crippen molar-refractivity contribution >= 4 is 11.8 Å². The molecule has 1 heterocycles. The van der Waals surface area contributed by atoms with Gasteiger partial charge in [0.15, 0.2) is 0 Å². The van der Waals surface area contributed by atoms with Gasteiger partial charge in [0.25, 0.3) is 0 Å². The number of carbonyl (C=O) groups is 2. The van der Waals surface area contributed by atoms with Crippen molar-refractivity contribution < 1.29 is 14.0 Å². The third-order valence-corrected chi connectivity index (χ3v) is 4.68. The normalized spacial score (nSPS) is 19.5. The van der Waals surface area contributed by atoms with Gasteiger partial charge in [-0.2, -0.15) is 0 Å². The number of nitrogens with zero attached hydrogens (tertiary/aromatic N) is 1. The van der Waals surface area contributed by atoms with E-state index in [1.807, 2.05) is 26.8 Å². The highest BCUT2D eigenvalue weighted by atomic mass is 19.1. The Morgan fingerprint density at radius 3 is 2.72 bits per heavy atom. The SMILES string of the molecule is CC(C)(C)[C@@H](NCC(=O)N1CCC[C@H](C(N)=O)C1)c1cccc(F)c1. The van der Waals surface area contributed by atoms with E-state index >= 15 is 0 Å². The van der Waals surface area contributed by atoms with Gasteiger partial charge < -0.3 is 16.0 Å². The number of amides is 2. The molecule has 1 fully saturated rings. The van der Waals surface area contributed by atoms with Crippen LogP contribution in [0.3, 0.4) is 0 Å². The molecule has 2 atom stereocenters. The van der Waals surface area contributed by atoms with Crippen molar-refractivity contribution in [2.24, 2.45) is 17.1 Å². The summed E-state index contributed by atoms with van der Waals surface area (Å²) in [6.07, 6.45) is 1.52. The standard InChI is InChI=1S/C19H28FN3O2/c1-19(2,3)17(13-6-4-8-15(20)10-13)22-11-16(24)23-9-5-7-14(12-23)18(21)25/h4,6,8,10,14,17,22H,5,7,9,11-12H2,1-3H3,(H2,21,25)/t14-,17-/m0/s1. The van der Waals surface area contributed by atoms with Crippen LogP contribution in [0, 0.1) is 17.2 Å². The van der Waals surface area contributed by atoms with Gasteiger partial charge >= 0.3 is 0 Å². The molecule has 0 spiro atoms. The number of benzene rings is 1. The van der Waals surface area contributed by atoms with Crippen molar-refractivity contribution in [2.45, 2.75) is 39.7 Å². The summed E-state index contributed by atoms with van der Waals surface area (Å²) >= 11 is 0. The molecule has 0 aromatic heterocycles. The first-order valence-corrected chi connectivity index (χ1v) is 8.74. The van der Waals surface area contributed by atoms with Crippen LogP contribution in [0.15, 0.2) is 24.3 Å². The summed E-state index contributed by atoms with van der Waals surface area (Å²) in [5, 5.41) is 3.27. The quantitative estimate of drug-likeness (QED) is 0.856. The predicted molar refractivity (Wildman–Crippen MR) is 95.1 cm³/mol. The smallest absolute Gasteiger partial charge is 0.236 e. The summed E-state index contributed by atoms with van der Waals surface area (Å²) in [5.74, 6) is -0.964. The van der Waals surface area contributed by atoms with Crippen LogP contribution in [0.2, 0.25) is 0 Å². The maximum Gasteiger partial charge on any atom is 0.236 e. The molecule has 138 valence electrons. The fourth-order valence-electron chi connectivity index (χ4n) is 3.35. The molecule has 2 amide bonds. The van der Waals surface area contributed by atoms with Crippen LogP contribution < -0.4 is 11.1 Å². The summed E-state index contributed by atoms with van der Waals surface area (Å²) in [7, 11) is 0. The number of nitrogens with one attached hydrogen (secondary N) is 1. The highest BCUT2D eigenvalue weighted by molar-refractivity contribution is 5.81. The molecule has 0 unspecified atom stereocenters. The lowest BCUT2D eigenvalue weighted by Crippen LogP contribution is -2.48. The van der Waals surface area contributed by atoms with Gasteiger partial charge in [-0.3, -0.25) is 9.59 Å². The minimum absolute atomic E-state index is 0.0587. The van der Waals surface area contributed by atoms with Crippen LogP contribution in [0.25, 0.3) is 0 Å². The minimum Gasteiger partial charge on any atom is -0.369 e. The molecule has 25 heavy (non-hydrogen) atoms. The summed E-state index contributed by atoms with van der Waals surface area (Å²) < 4.78 is 13.6. The third-order valence-electron chi connectivity index (χ3n) is 4.68. The molecule has 0 bridgehead atoms. The molecule has 1 aliphatic rings. The molecule has 2 rings (SSSR count). The van der Waals surface area contributed by atoms with Crippen LogP contribution in [0.1, 0.15) is 45.2 Å². The Hall–Kier alpha value is -1.95. The number of carbonyl (C=O) groups excluding carboxylic acids is 2. The number of piperidine rings is 1. The molecule has 1 aliphatic heterocycles. The van der Waals surface area contributed by atoms with Crippen LogP contribution in [0.4, 0.5) is 4.39 Å². The number of rotatable bonds is 5. The largest absolute Gasteiger partial charge is 0.369 e. The highest BCUT2D eigenvalue weighted by Gasteiger charge is 2.30. The lowest BCUT2D eigenvalue weighted by Gasteiger charge is -2.34. The van der Waals surface area contributed by atoms with E-state index in [0.29, 0.717) is 13.1 Å². The zero-order valence-corrected chi connectivity index (χ0v) is 15.2. The van der Waals surface area contributed by atoms with E-state index in [9.17, 15) is 14.0 Å². The average Bonchev–Trinajstić information content (AvgIpc) is 2.53. The van der Waals surface area contributed by atoms with Crippen molar-refractivity contribution in [1.82, 2.24) is 10.2 Å². The molecule has 0 saturated carbocycles. The Morgan fingerprint density at radius 1 is 1.40 bits per heavy atom. The molecule has 1 aromatic carbocycles. The van der Waals surface area contributed by atoms with E-state index in [1.165, 1.54) is 12.1 Å². The van der Waals surface area contributed by atoms with E-state index in [4.69, 9.17) is 5.73 Å². The van der Waals surface area contributed by atoms with E-state index in [0.717, 1.165) is 18.4 Å². The molecule has 6 heteroatoms. The second kappa shape index (κ2) is 7.95. The van der Waals surface area contributed by atoms with Crippen molar-refractivity contribution in [3.63, 3.8) is 0 Å². The third kappa shape index (κ3) is 5.26. The van der Waals surface area contributed by atoms with Gasteiger partial charge in [-0.25, -0.2) is 4.39 Å². The summed E-state index contributed by atoms with van der Waals surface area (Å²) in [4.78, 5) is 25.6. The van der Waals surface area contributed by atoms with Gasteiger partial charge in [0.1, 0.15) is 5.82 Å². The summed E-state index contributed by atoms with van der Waals surface area (Å²) in [5.41, 5.74) is 6.00. The number of hydrogen-bond donors (Lipinski definition) is 2. The lowest BCUT2D eigenvalue weighted by atomic mass is 9.82. The van der Waals surface area contributed by atoms with Crippen molar-refractivity contribution in [2.75, 3.05) is 19.6 Å². The monoisotopic (exact) mass is 349 g/mol. The molecule has 3 N–H and O–H groups in total. The summed E-state index contributed by atoms with van der Waals surface area (Å²) in [6, 6.07) is 6.28. The predicted octanol–water partition coefficient (Wildman–Crippen LogP) is 2.23. The van der Waals surface area contributed by atoms with Gasteiger partial charge in [0.2, 0.25) is 11.8 Å². The van der Waals surface area contributed by atoms with Crippen LogP contribution >= 0.6 is 0 Å². The van der Waals surface area contributed by atoms with Crippen molar-refractivity contribution in [3.8, 4) is 0 Å². The topological polar surface area (TPSA) is 75.4 Å². The molecular weight excluding hydrogens is 321 g/mol. The number of nitrogens with two attached hydrogens (primary N) is 1. The molecule has 1 aromatic rings. The fraction of sp³-hybridized carbons (Fsp3) is 0.579. The first kappa shape index (κ1) is 19.4. The molecule has 5 nitrogen and oxygen atoms in total. The molecule has 0 radical (unpaired) electrons. The van der Waals surface area contributed by atoms with E-state index < -0.39 is 0 Å². The molecule has 0 aliphatic carbocycles. The van der Waals surface area contributed by atoms with Gasteiger partial charge in [-0.05, 0) is 36.0 Å². The fourth-order valence-corrected chi connectivity index (χ4v) is 3.35. The van der Waals surface area contributed by atoms with Crippen LogP contribution in [-0.4, -0.2) is 36.3 Å². The zero-order valence-electron chi connectivity index (χ0n) is 15.2. The maximum atomic E-state index is 13.6. The van der Waals surface area contributed by atoms with Crippen LogP contribution in [-0.2, 0) is 9.59 Å². The number of hydrogen-bond acceptors (Lipinski definition) is 3. The van der Waals surface area contributed by atoms with Gasteiger partial charge in [0.05, 0.1) is 12.5 Å². The molecule has 1 saturated heterocycles. The average molecular weight is 349 g/mol. The minimum atomic E-state index is -0.349. The van der Waals surface area contributed by atoms with Gasteiger partial charge in [0, 0.05) is 19.1 Å². The Kier molecular flexibility index (Phi) is 6.16. The van der Waals surface area contributed by atoms with E-state index in [-0.39, 0.29) is 41.6 Å². The van der Waals surface area contributed by atoms with Crippen molar-refractivity contribution in [3.05, 3.63) is 35.6 Å². The Balaban J connectivity index is 2.03. The number of primary amides is 1. The van der Waals surface area contributed by atoms with E-state index in [2.05, 4.69) is 5.32 Å². The van der Waals surface area contributed by atoms with Gasteiger partial charge in [-0.15, -0.1) is 0 Å². The van der Waals surface area contributed by atoms with Crippen LogP contribution in [0.5, 0.6) is 0 Å². The maximum absolute atomic E-state index is 13.6. The zero-order chi connectivity index (χ0) is 18.6. The Labute approximate surface area is 148 Å². The highest BCUT2D eigenvalue weighted by Crippen LogP contribution is 2.32.